The van der Waals surface area contributed by atoms with Gasteiger partial charge in [0.1, 0.15) is 0 Å². The average molecular weight is 344 g/mol. The standard InChI is InChI=1S/C18H28N6O/c1-15-16(11-20-21(15)2)12-23-14-18-3-5-19-24(18)6-4-17(23)13-22-7-9-25-10-8-22/h3,5,11,17H,4,6-10,12-14H2,1-2H3. The third-order valence-corrected chi connectivity index (χ3v) is 5.64. The van der Waals surface area contributed by atoms with Gasteiger partial charge in [0.15, 0.2) is 0 Å². The van der Waals surface area contributed by atoms with Crippen molar-refractivity contribution >= 4 is 0 Å². The van der Waals surface area contributed by atoms with Gasteiger partial charge < -0.3 is 4.74 Å². The van der Waals surface area contributed by atoms with Crippen LogP contribution in [0.3, 0.4) is 0 Å². The monoisotopic (exact) mass is 344 g/mol. The Kier molecular flexibility index (Phi) is 4.87. The quantitative estimate of drug-likeness (QED) is 0.829. The fourth-order valence-corrected chi connectivity index (χ4v) is 3.88. The number of ether oxygens (including phenoxy) is 1. The summed E-state index contributed by atoms with van der Waals surface area (Å²) in [6.07, 6.45) is 5.07. The maximum absolute atomic E-state index is 5.51. The molecule has 7 heteroatoms. The summed E-state index contributed by atoms with van der Waals surface area (Å²) in [5.41, 5.74) is 3.89. The van der Waals surface area contributed by atoms with E-state index in [4.69, 9.17) is 4.74 Å². The lowest BCUT2D eigenvalue weighted by Gasteiger charge is -2.35. The van der Waals surface area contributed by atoms with E-state index in [1.165, 1.54) is 17.0 Å². The van der Waals surface area contributed by atoms with E-state index in [1.807, 2.05) is 24.1 Å². The second kappa shape index (κ2) is 7.27. The van der Waals surface area contributed by atoms with Crippen LogP contribution in [0.4, 0.5) is 0 Å². The number of hydrogen-bond donors (Lipinski definition) is 0. The second-order valence-electron chi connectivity index (χ2n) is 7.18. The summed E-state index contributed by atoms with van der Waals surface area (Å²) in [5, 5.41) is 8.93. The van der Waals surface area contributed by atoms with Gasteiger partial charge in [0.05, 0.1) is 25.1 Å². The van der Waals surface area contributed by atoms with Crippen LogP contribution in [0.25, 0.3) is 0 Å². The summed E-state index contributed by atoms with van der Waals surface area (Å²) in [6.45, 7) is 9.95. The SMILES string of the molecule is Cc1c(CN2Cc3ccnn3CCC2CN2CCOCC2)cnn1C. The fraction of sp³-hybridized carbons (Fsp3) is 0.667. The molecule has 2 aliphatic heterocycles. The van der Waals surface area contributed by atoms with Crippen molar-refractivity contribution < 1.29 is 4.74 Å². The van der Waals surface area contributed by atoms with E-state index in [0.29, 0.717) is 6.04 Å². The molecule has 2 aliphatic rings. The molecule has 0 radical (unpaired) electrons. The van der Waals surface area contributed by atoms with Crippen molar-refractivity contribution in [3.8, 4) is 0 Å². The average Bonchev–Trinajstić information content (AvgIpc) is 3.16. The van der Waals surface area contributed by atoms with E-state index in [-0.39, 0.29) is 0 Å². The van der Waals surface area contributed by atoms with Crippen LogP contribution in [-0.2, 0) is 31.4 Å². The van der Waals surface area contributed by atoms with Gasteiger partial charge in [-0.3, -0.25) is 19.2 Å². The van der Waals surface area contributed by atoms with Gasteiger partial charge in [-0.1, -0.05) is 0 Å². The fourth-order valence-electron chi connectivity index (χ4n) is 3.88. The van der Waals surface area contributed by atoms with Crippen molar-refractivity contribution in [2.75, 3.05) is 32.8 Å². The van der Waals surface area contributed by atoms with E-state index in [2.05, 4.69) is 37.7 Å². The molecule has 25 heavy (non-hydrogen) atoms. The van der Waals surface area contributed by atoms with Crippen LogP contribution in [-0.4, -0.2) is 68.3 Å². The molecular weight excluding hydrogens is 316 g/mol. The molecule has 0 N–H and O–H groups in total. The highest BCUT2D eigenvalue weighted by Gasteiger charge is 2.27. The van der Waals surface area contributed by atoms with Crippen molar-refractivity contribution in [3.63, 3.8) is 0 Å². The lowest BCUT2D eigenvalue weighted by molar-refractivity contribution is 0.0196. The molecule has 4 rings (SSSR count). The van der Waals surface area contributed by atoms with Crippen LogP contribution in [0.15, 0.2) is 18.5 Å². The van der Waals surface area contributed by atoms with E-state index in [9.17, 15) is 0 Å². The molecule has 136 valence electrons. The molecular formula is C18H28N6O. The van der Waals surface area contributed by atoms with Crippen LogP contribution in [0, 0.1) is 6.92 Å². The molecule has 1 atom stereocenters. The van der Waals surface area contributed by atoms with Crippen molar-refractivity contribution in [1.82, 2.24) is 29.4 Å². The van der Waals surface area contributed by atoms with E-state index >= 15 is 0 Å². The first kappa shape index (κ1) is 16.8. The lowest BCUT2D eigenvalue weighted by atomic mass is 10.1. The summed E-state index contributed by atoms with van der Waals surface area (Å²) in [7, 11) is 2.02. The van der Waals surface area contributed by atoms with E-state index < -0.39 is 0 Å². The third kappa shape index (κ3) is 3.63. The van der Waals surface area contributed by atoms with Gasteiger partial charge in [0.25, 0.3) is 0 Å². The van der Waals surface area contributed by atoms with Gasteiger partial charge >= 0.3 is 0 Å². The smallest absolute Gasteiger partial charge is 0.0594 e. The number of aromatic nitrogens is 4. The summed E-state index contributed by atoms with van der Waals surface area (Å²) in [5.74, 6) is 0. The highest BCUT2D eigenvalue weighted by atomic mass is 16.5. The van der Waals surface area contributed by atoms with Crippen LogP contribution in [0.5, 0.6) is 0 Å². The van der Waals surface area contributed by atoms with Crippen molar-refractivity contribution in [2.45, 2.75) is 39.0 Å². The Labute approximate surface area is 149 Å². The van der Waals surface area contributed by atoms with E-state index in [0.717, 1.165) is 58.9 Å². The highest BCUT2D eigenvalue weighted by Crippen LogP contribution is 2.22. The first-order valence-corrected chi connectivity index (χ1v) is 9.23. The van der Waals surface area contributed by atoms with Gasteiger partial charge in [-0.15, -0.1) is 0 Å². The van der Waals surface area contributed by atoms with Crippen LogP contribution >= 0.6 is 0 Å². The lowest BCUT2D eigenvalue weighted by Crippen LogP contribution is -2.46. The summed E-state index contributed by atoms with van der Waals surface area (Å²) in [6, 6.07) is 2.68. The summed E-state index contributed by atoms with van der Waals surface area (Å²) < 4.78 is 9.65. The number of nitrogens with zero attached hydrogens (tertiary/aromatic N) is 6. The molecule has 1 unspecified atom stereocenters. The van der Waals surface area contributed by atoms with Gasteiger partial charge in [-0.2, -0.15) is 10.2 Å². The Morgan fingerprint density at radius 2 is 2.04 bits per heavy atom. The van der Waals surface area contributed by atoms with E-state index in [1.54, 1.807) is 0 Å². The minimum atomic E-state index is 0.527. The minimum Gasteiger partial charge on any atom is -0.379 e. The molecule has 0 saturated carbocycles. The number of rotatable bonds is 4. The highest BCUT2D eigenvalue weighted by molar-refractivity contribution is 5.16. The maximum atomic E-state index is 5.51. The molecule has 0 aromatic carbocycles. The molecule has 7 nitrogen and oxygen atoms in total. The predicted molar refractivity (Wildman–Crippen MR) is 95.1 cm³/mol. The van der Waals surface area contributed by atoms with Crippen LogP contribution < -0.4 is 0 Å². The van der Waals surface area contributed by atoms with Crippen molar-refractivity contribution in [2.24, 2.45) is 7.05 Å². The molecule has 0 aliphatic carbocycles. The first-order valence-electron chi connectivity index (χ1n) is 9.23. The van der Waals surface area contributed by atoms with Crippen molar-refractivity contribution in [1.29, 1.82) is 0 Å². The van der Waals surface area contributed by atoms with Crippen molar-refractivity contribution in [3.05, 3.63) is 35.4 Å². The third-order valence-electron chi connectivity index (χ3n) is 5.64. The number of aryl methyl sites for hydroxylation is 2. The Morgan fingerprint density at radius 1 is 1.20 bits per heavy atom. The van der Waals surface area contributed by atoms with Crippen LogP contribution in [0.1, 0.15) is 23.4 Å². The second-order valence-corrected chi connectivity index (χ2v) is 7.18. The zero-order valence-corrected chi connectivity index (χ0v) is 15.3. The zero-order valence-electron chi connectivity index (χ0n) is 15.3. The zero-order chi connectivity index (χ0) is 17.2. The molecule has 0 spiro atoms. The molecule has 0 bridgehead atoms. The Bertz CT molecular complexity index is 702. The Balaban J connectivity index is 1.53. The normalized spacial score (nSPS) is 22.7. The number of hydrogen-bond acceptors (Lipinski definition) is 5. The molecule has 4 heterocycles. The number of morpholine rings is 1. The molecule has 1 saturated heterocycles. The predicted octanol–water partition coefficient (Wildman–Crippen LogP) is 1.03. The maximum Gasteiger partial charge on any atom is 0.0594 e. The largest absolute Gasteiger partial charge is 0.379 e. The summed E-state index contributed by atoms with van der Waals surface area (Å²) in [4.78, 5) is 5.16. The van der Waals surface area contributed by atoms with Gasteiger partial charge in [0, 0.05) is 69.8 Å². The van der Waals surface area contributed by atoms with Crippen LogP contribution in [0.2, 0.25) is 0 Å². The molecule has 2 aromatic heterocycles. The first-order chi connectivity index (χ1) is 12.2. The molecule has 0 amide bonds. The van der Waals surface area contributed by atoms with Gasteiger partial charge in [0.2, 0.25) is 0 Å². The molecule has 2 aromatic rings. The number of fused-ring (bicyclic) bond motifs is 1. The Morgan fingerprint density at radius 3 is 2.80 bits per heavy atom. The van der Waals surface area contributed by atoms with Gasteiger partial charge in [-0.05, 0) is 19.4 Å². The minimum absolute atomic E-state index is 0.527. The summed E-state index contributed by atoms with van der Waals surface area (Å²) >= 11 is 0. The topological polar surface area (TPSA) is 51.4 Å². The van der Waals surface area contributed by atoms with Gasteiger partial charge in [-0.25, -0.2) is 0 Å². The Hall–Kier alpha value is -1.70. The molecule has 1 fully saturated rings.